The van der Waals surface area contributed by atoms with Crippen molar-refractivity contribution in [3.8, 4) is 5.75 Å². The summed E-state index contributed by atoms with van der Waals surface area (Å²) in [4.78, 5) is 2.21. The molecule has 0 aliphatic carbocycles. The highest BCUT2D eigenvalue weighted by Crippen LogP contribution is 2.38. The molecule has 0 amide bonds. The van der Waals surface area contributed by atoms with E-state index in [2.05, 4.69) is 71.3 Å². The molecule has 2 aromatic rings. The molecule has 0 N–H and O–H groups in total. The number of fused-ring (bicyclic) bond motifs is 2. The van der Waals surface area contributed by atoms with E-state index in [1.54, 1.807) is 0 Å². The van der Waals surface area contributed by atoms with Crippen molar-refractivity contribution >= 4 is 21.5 Å². The SMILES string of the molecule is CN(C)CC/C=C1/c2ccccc2COc2ccc(Br)cc21. The Labute approximate surface area is 140 Å². The molecule has 3 rings (SSSR count). The van der Waals surface area contributed by atoms with Crippen LogP contribution in [0.25, 0.3) is 5.57 Å². The minimum Gasteiger partial charge on any atom is -0.488 e. The van der Waals surface area contributed by atoms with Crippen LogP contribution in [0.1, 0.15) is 23.1 Å². The maximum atomic E-state index is 6.02. The first-order valence-electron chi connectivity index (χ1n) is 7.51. The summed E-state index contributed by atoms with van der Waals surface area (Å²) in [5.41, 5.74) is 4.95. The highest BCUT2D eigenvalue weighted by atomic mass is 79.9. The molecular weight excluding hydrogens is 338 g/mol. The van der Waals surface area contributed by atoms with Crippen molar-refractivity contribution in [2.45, 2.75) is 13.0 Å². The summed E-state index contributed by atoms with van der Waals surface area (Å²) >= 11 is 3.58. The molecule has 3 heteroatoms. The zero-order valence-electron chi connectivity index (χ0n) is 13.0. The largest absolute Gasteiger partial charge is 0.488 e. The average molecular weight is 358 g/mol. The molecule has 2 aromatic carbocycles. The van der Waals surface area contributed by atoms with Gasteiger partial charge in [-0.15, -0.1) is 0 Å². The molecule has 0 bridgehead atoms. The molecule has 2 nitrogen and oxygen atoms in total. The third-order valence-corrected chi connectivity index (χ3v) is 4.34. The first kappa shape index (κ1) is 15.3. The number of benzene rings is 2. The quantitative estimate of drug-likeness (QED) is 0.787. The van der Waals surface area contributed by atoms with Gasteiger partial charge in [0.2, 0.25) is 0 Å². The standard InChI is InChI=1S/C19H20BrNO/c1-21(2)11-5-8-17-16-7-4-3-6-14(16)13-22-19-10-9-15(20)12-18(17)19/h3-4,6-10,12H,5,11,13H2,1-2H3/b17-8-. The summed E-state index contributed by atoms with van der Waals surface area (Å²) in [6, 6.07) is 14.7. The molecule has 114 valence electrons. The summed E-state index contributed by atoms with van der Waals surface area (Å²) in [7, 11) is 4.21. The van der Waals surface area contributed by atoms with Crippen molar-refractivity contribution in [3.63, 3.8) is 0 Å². The van der Waals surface area contributed by atoms with E-state index in [1.165, 1.54) is 16.7 Å². The van der Waals surface area contributed by atoms with Gasteiger partial charge in [-0.05, 0) is 55.4 Å². The number of ether oxygens (including phenoxy) is 1. The second-order valence-electron chi connectivity index (χ2n) is 5.80. The lowest BCUT2D eigenvalue weighted by Crippen LogP contribution is -2.12. The molecule has 1 aliphatic heterocycles. The van der Waals surface area contributed by atoms with Gasteiger partial charge in [0, 0.05) is 16.6 Å². The van der Waals surface area contributed by atoms with E-state index < -0.39 is 0 Å². The van der Waals surface area contributed by atoms with Crippen LogP contribution in [0.15, 0.2) is 53.0 Å². The summed E-state index contributed by atoms with van der Waals surface area (Å²) in [5.74, 6) is 0.954. The fourth-order valence-electron chi connectivity index (χ4n) is 2.74. The van der Waals surface area contributed by atoms with Crippen molar-refractivity contribution < 1.29 is 4.74 Å². The molecule has 0 spiro atoms. The zero-order chi connectivity index (χ0) is 15.5. The molecule has 1 aliphatic rings. The molecule has 0 atom stereocenters. The Hall–Kier alpha value is -1.58. The second kappa shape index (κ2) is 6.67. The topological polar surface area (TPSA) is 12.5 Å². The first-order chi connectivity index (χ1) is 10.6. The summed E-state index contributed by atoms with van der Waals surface area (Å²) in [5, 5.41) is 0. The summed E-state index contributed by atoms with van der Waals surface area (Å²) in [6.07, 6.45) is 3.35. The lowest BCUT2D eigenvalue weighted by atomic mass is 9.93. The van der Waals surface area contributed by atoms with Gasteiger partial charge in [-0.1, -0.05) is 46.3 Å². The van der Waals surface area contributed by atoms with Gasteiger partial charge in [0.15, 0.2) is 0 Å². The monoisotopic (exact) mass is 357 g/mol. The normalized spacial score (nSPS) is 15.2. The number of rotatable bonds is 3. The van der Waals surface area contributed by atoms with E-state index in [4.69, 9.17) is 4.74 Å². The summed E-state index contributed by atoms with van der Waals surface area (Å²) in [6.45, 7) is 1.66. The smallest absolute Gasteiger partial charge is 0.127 e. The van der Waals surface area contributed by atoms with Crippen LogP contribution in [-0.2, 0) is 6.61 Å². The number of hydrogen-bond acceptors (Lipinski definition) is 2. The van der Waals surface area contributed by atoms with Crippen LogP contribution in [0.2, 0.25) is 0 Å². The van der Waals surface area contributed by atoms with Crippen LogP contribution in [0.3, 0.4) is 0 Å². The van der Waals surface area contributed by atoms with E-state index in [0.717, 1.165) is 28.8 Å². The summed E-state index contributed by atoms with van der Waals surface area (Å²) < 4.78 is 7.09. The average Bonchev–Trinajstić information content (AvgIpc) is 2.65. The van der Waals surface area contributed by atoms with Gasteiger partial charge in [0.05, 0.1) is 0 Å². The van der Waals surface area contributed by atoms with Gasteiger partial charge >= 0.3 is 0 Å². The van der Waals surface area contributed by atoms with Gasteiger partial charge in [-0.25, -0.2) is 0 Å². The molecule has 0 saturated heterocycles. The Balaban J connectivity index is 2.10. The van der Waals surface area contributed by atoms with Gasteiger partial charge in [0.1, 0.15) is 12.4 Å². The fraction of sp³-hybridized carbons (Fsp3) is 0.263. The third-order valence-electron chi connectivity index (χ3n) is 3.85. The van der Waals surface area contributed by atoms with Gasteiger partial charge < -0.3 is 9.64 Å². The third kappa shape index (κ3) is 3.26. The van der Waals surface area contributed by atoms with Crippen molar-refractivity contribution in [1.29, 1.82) is 0 Å². The van der Waals surface area contributed by atoms with Crippen LogP contribution >= 0.6 is 15.9 Å². The first-order valence-corrected chi connectivity index (χ1v) is 8.30. The molecule has 0 fully saturated rings. The number of halogens is 1. The van der Waals surface area contributed by atoms with Crippen LogP contribution < -0.4 is 4.74 Å². The van der Waals surface area contributed by atoms with Crippen molar-refractivity contribution in [1.82, 2.24) is 4.90 Å². The van der Waals surface area contributed by atoms with Crippen molar-refractivity contribution in [2.24, 2.45) is 0 Å². The van der Waals surface area contributed by atoms with Crippen LogP contribution in [0.5, 0.6) is 5.75 Å². The Kier molecular flexibility index (Phi) is 4.65. The molecule has 22 heavy (non-hydrogen) atoms. The lowest BCUT2D eigenvalue weighted by Gasteiger charge is -2.12. The highest BCUT2D eigenvalue weighted by Gasteiger charge is 2.18. The minimum absolute atomic E-state index is 0.621. The van der Waals surface area contributed by atoms with Crippen molar-refractivity contribution in [3.05, 3.63) is 69.7 Å². The van der Waals surface area contributed by atoms with Gasteiger partial charge in [-0.3, -0.25) is 0 Å². The van der Waals surface area contributed by atoms with Crippen LogP contribution in [-0.4, -0.2) is 25.5 Å². The predicted molar refractivity (Wildman–Crippen MR) is 95.2 cm³/mol. The van der Waals surface area contributed by atoms with Crippen molar-refractivity contribution in [2.75, 3.05) is 20.6 Å². The minimum atomic E-state index is 0.621. The van der Waals surface area contributed by atoms with Gasteiger partial charge in [-0.2, -0.15) is 0 Å². The van der Waals surface area contributed by atoms with Crippen LogP contribution in [0, 0.1) is 0 Å². The Bertz CT molecular complexity index is 706. The Morgan fingerprint density at radius 1 is 1.14 bits per heavy atom. The Morgan fingerprint density at radius 3 is 2.77 bits per heavy atom. The maximum absolute atomic E-state index is 6.02. The molecule has 0 unspecified atom stereocenters. The highest BCUT2D eigenvalue weighted by molar-refractivity contribution is 9.10. The van der Waals surface area contributed by atoms with E-state index in [1.807, 2.05) is 12.1 Å². The van der Waals surface area contributed by atoms with E-state index in [9.17, 15) is 0 Å². The molecule has 0 radical (unpaired) electrons. The lowest BCUT2D eigenvalue weighted by molar-refractivity contribution is 0.307. The number of hydrogen-bond donors (Lipinski definition) is 0. The molecule has 1 heterocycles. The molecular formula is C19H20BrNO. The molecule has 0 saturated carbocycles. The van der Waals surface area contributed by atoms with E-state index >= 15 is 0 Å². The van der Waals surface area contributed by atoms with Gasteiger partial charge in [0.25, 0.3) is 0 Å². The Morgan fingerprint density at radius 2 is 1.95 bits per heavy atom. The predicted octanol–water partition coefficient (Wildman–Crippen LogP) is 4.72. The maximum Gasteiger partial charge on any atom is 0.127 e. The number of nitrogens with zero attached hydrogens (tertiary/aromatic N) is 1. The van der Waals surface area contributed by atoms with E-state index in [-0.39, 0.29) is 0 Å². The van der Waals surface area contributed by atoms with Crippen LogP contribution in [0.4, 0.5) is 0 Å². The molecule has 0 aromatic heterocycles. The second-order valence-corrected chi connectivity index (χ2v) is 6.71. The zero-order valence-corrected chi connectivity index (χ0v) is 14.6. The fourth-order valence-corrected chi connectivity index (χ4v) is 3.10. The van der Waals surface area contributed by atoms with E-state index in [0.29, 0.717) is 6.61 Å².